The number of morpholine rings is 1. The van der Waals surface area contributed by atoms with E-state index < -0.39 is 0 Å². The third kappa shape index (κ3) is 6.66. The van der Waals surface area contributed by atoms with E-state index in [1.165, 1.54) is 24.2 Å². The minimum atomic E-state index is -0.357. The second-order valence-corrected chi connectivity index (χ2v) is 10.5. The van der Waals surface area contributed by atoms with Crippen LogP contribution in [0.25, 0.3) is 10.6 Å². The number of nitrogens with zero attached hydrogens (tertiary/aromatic N) is 6. The van der Waals surface area contributed by atoms with Gasteiger partial charge >= 0.3 is 0 Å². The third-order valence-corrected chi connectivity index (χ3v) is 7.72. The molecule has 4 heterocycles. The van der Waals surface area contributed by atoms with Crippen molar-refractivity contribution in [2.45, 2.75) is 31.1 Å². The number of hydrogen-bond acceptors (Lipinski definition) is 12. The lowest BCUT2D eigenvalue weighted by Gasteiger charge is -2.30. The minimum Gasteiger partial charge on any atom is -0.477 e. The summed E-state index contributed by atoms with van der Waals surface area (Å²) in [6.45, 7) is 5.92. The zero-order valence-corrected chi connectivity index (χ0v) is 21.6. The fourth-order valence-electron chi connectivity index (χ4n) is 3.58. The molecule has 0 radical (unpaired) electrons. The molecule has 0 spiro atoms. The molecule has 2 fully saturated rings. The van der Waals surface area contributed by atoms with Gasteiger partial charge in [0.2, 0.25) is 5.88 Å². The van der Waals surface area contributed by atoms with E-state index >= 15 is 0 Å². The molecule has 1 atom stereocenters. The summed E-state index contributed by atoms with van der Waals surface area (Å²) in [5.41, 5.74) is 1.31. The molecule has 11 nitrogen and oxygen atoms in total. The van der Waals surface area contributed by atoms with Crippen molar-refractivity contribution in [1.82, 2.24) is 35.1 Å². The number of anilines is 1. The van der Waals surface area contributed by atoms with Gasteiger partial charge in [0.15, 0.2) is 10.8 Å². The summed E-state index contributed by atoms with van der Waals surface area (Å²) in [7, 11) is 0. The van der Waals surface area contributed by atoms with Crippen molar-refractivity contribution in [2.75, 3.05) is 44.2 Å². The van der Waals surface area contributed by atoms with Gasteiger partial charge in [-0.2, -0.15) is 0 Å². The summed E-state index contributed by atoms with van der Waals surface area (Å²) < 4.78 is 14.2. The standard InChI is InChI=1S/C23H28N8O3S2/c1-2-34-21-13-25-10-17(28-21)19-11-26-23(35-19)22(32)29-18(14-31-5-7-33-8-6-31)16-9-24-12-20(27-16)30-36-15-3-4-15/h9-13,15,18H,2-8,14H2,1H3,(H,27,30)(H,29,32). The van der Waals surface area contributed by atoms with Crippen LogP contribution in [0.2, 0.25) is 0 Å². The Kier molecular flexibility index (Phi) is 8.21. The molecule has 1 saturated heterocycles. The lowest BCUT2D eigenvalue weighted by Crippen LogP contribution is -2.43. The predicted molar refractivity (Wildman–Crippen MR) is 138 cm³/mol. The summed E-state index contributed by atoms with van der Waals surface area (Å²) in [6, 6.07) is -0.357. The van der Waals surface area contributed by atoms with Crippen LogP contribution >= 0.6 is 23.3 Å². The quantitative estimate of drug-likeness (QED) is 0.357. The first kappa shape index (κ1) is 24.8. The molecule has 190 valence electrons. The van der Waals surface area contributed by atoms with Crippen LogP contribution in [0, 0.1) is 0 Å². The molecule has 0 aromatic carbocycles. The van der Waals surface area contributed by atoms with Gasteiger partial charge in [-0.1, -0.05) is 0 Å². The zero-order valence-electron chi connectivity index (χ0n) is 19.9. The highest BCUT2D eigenvalue weighted by atomic mass is 32.2. The zero-order chi connectivity index (χ0) is 24.7. The summed E-state index contributed by atoms with van der Waals surface area (Å²) >= 11 is 2.93. The van der Waals surface area contributed by atoms with Crippen molar-refractivity contribution in [3.8, 4) is 16.5 Å². The van der Waals surface area contributed by atoms with E-state index in [9.17, 15) is 4.79 Å². The maximum absolute atomic E-state index is 13.3. The van der Waals surface area contributed by atoms with E-state index in [1.807, 2.05) is 6.92 Å². The largest absolute Gasteiger partial charge is 0.477 e. The van der Waals surface area contributed by atoms with Crippen LogP contribution in [-0.4, -0.2) is 80.4 Å². The lowest BCUT2D eigenvalue weighted by atomic mass is 10.2. The summed E-state index contributed by atoms with van der Waals surface area (Å²) in [6.07, 6.45) is 10.7. The molecule has 2 N–H and O–H groups in total. The van der Waals surface area contributed by atoms with Gasteiger partial charge in [-0.25, -0.2) is 15.0 Å². The SMILES string of the molecule is CCOc1cncc(-c2cnc(C(=O)NC(CN3CCOCC3)c3cncc(NSC4CC4)n3)s2)n1. The number of nitrogens with one attached hydrogen (secondary N) is 2. The molecule has 13 heteroatoms. The average molecular weight is 529 g/mol. The Morgan fingerprint density at radius 2 is 2.03 bits per heavy atom. The molecule has 5 rings (SSSR count). The van der Waals surface area contributed by atoms with Crippen molar-refractivity contribution in [1.29, 1.82) is 0 Å². The molecular weight excluding hydrogens is 500 g/mol. The first-order valence-corrected chi connectivity index (χ1v) is 13.6. The fraction of sp³-hybridized carbons (Fsp3) is 0.478. The Labute approximate surface area is 217 Å². The molecule has 1 amide bonds. The van der Waals surface area contributed by atoms with Gasteiger partial charge < -0.3 is 19.5 Å². The van der Waals surface area contributed by atoms with Crippen LogP contribution in [0.5, 0.6) is 5.88 Å². The van der Waals surface area contributed by atoms with Crippen LogP contribution in [0.4, 0.5) is 5.82 Å². The number of hydrogen-bond donors (Lipinski definition) is 2. The van der Waals surface area contributed by atoms with Gasteiger partial charge in [-0.15, -0.1) is 11.3 Å². The highest BCUT2D eigenvalue weighted by Gasteiger charge is 2.25. The second kappa shape index (κ2) is 11.9. The number of carbonyl (C=O) groups is 1. The Morgan fingerprint density at radius 1 is 1.19 bits per heavy atom. The number of thiazole rings is 1. The Morgan fingerprint density at radius 3 is 2.83 bits per heavy atom. The maximum atomic E-state index is 13.3. The highest BCUT2D eigenvalue weighted by molar-refractivity contribution is 8.01. The van der Waals surface area contributed by atoms with Gasteiger partial charge in [0.1, 0.15) is 5.69 Å². The van der Waals surface area contributed by atoms with E-state index in [0.29, 0.717) is 59.7 Å². The molecule has 1 saturated carbocycles. The number of carbonyl (C=O) groups excluding carboxylic acids is 1. The minimum absolute atomic E-state index is 0.272. The van der Waals surface area contributed by atoms with Crippen molar-refractivity contribution in [3.63, 3.8) is 0 Å². The fourth-order valence-corrected chi connectivity index (χ4v) is 5.12. The Balaban J connectivity index is 1.31. The Hall–Kier alpha value is -2.87. The molecule has 0 bridgehead atoms. The summed E-state index contributed by atoms with van der Waals surface area (Å²) in [4.78, 5) is 38.3. The monoisotopic (exact) mass is 528 g/mol. The van der Waals surface area contributed by atoms with E-state index in [0.717, 1.165) is 18.0 Å². The third-order valence-electron chi connectivity index (χ3n) is 5.57. The molecule has 1 unspecified atom stereocenters. The molecule has 3 aromatic rings. The van der Waals surface area contributed by atoms with E-state index in [1.54, 1.807) is 42.9 Å². The van der Waals surface area contributed by atoms with Crippen LogP contribution in [0.15, 0.2) is 31.0 Å². The number of rotatable bonds is 11. The van der Waals surface area contributed by atoms with Crippen LogP contribution in [0.1, 0.15) is 41.3 Å². The smallest absolute Gasteiger partial charge is 0.280 e. The molecular formula is C23H28N8O3S2. The van der Waals surface area contributed by atoms with E-state index in [-0.39, 0.29) is 11.9 Å². The maximum Gasteiger partial charge on any atom is 0.280 e. The Bertz CT molecular complexity index is 1170. The molecule has 1 aliphatic heterocycles. The van der Waals surface area contributed by atoms with E-state index in [2.05, 4.69) is 34.9 Å². The van der Waals surface area contributed by atoms with Crippen molar-refractivity contribution in [2.24, 2.45) is 0 Å². The number of aromatic nitrogens is 5. The summed E-state index contributed by atoms with van der Waals surface area (Å²) in [5.74, 6) is 0.854. The topological polar surface area (TPSA) is 127 Å². The van der Waals surface area contributed by atoms with Gasteiger partial charge in [-0.3, -0.25) is 19.7 Å². The summed E-state index contributed by atoms with van der Waals surface area (Å²) in [5, 5.41) is 4.10. The van der Waals surface area contributed by atoms with Crippen LogP contribution in [0.3, 0.4) is 0 Å². The molecule has 2 aliphatic rings. The molecule has 36 heavy (non-hydrogen) atoms. The highest BCUT2D eigenvalue weighted by Crippen LogP contribution is 2.34. The van der Waals surface area contributed by atoms with Crippen molar-refractivity contribution < 1.29 is 14.3 Å². The number of amides is 1. The molecule has 3 aromatic heterocycles. The van der Waals surface area contributed by atoms with Gasteiger partial charge in [-0.05, 0) is 31.7 Å². The normalized spacial score (nSPS) is 16.9. The van der Waals surface area contributed by atoms with Crippen molar-refractivity contribution >= 4 is 35.0 Å². The van der Waals surface area contributed by atoms with Gasteiger partial charge in [0, 0.05) is 31.1 Å². The van der Waals surface area contributed by atoms with Crippen LogP contribution in [-0.2, 0) is 4.74 Å². The van der Waals surface area contributed by atoms with Gasteiger partial charge in [0.25, 0.3) is 5.91 Å². The molecule has 1 aliphatic carbocycles. The van der Waals surface area contributed by atoms with Crippen molar-refractivity contribution in [3.05, 3.63) is 41.7 Å². The van der Waals surface area contributed by atoms with E-state index in [4.69, 9.17) is 14.5 Å². The van der Waals surface area contributed by atoms with Gasteiger partial charge in [0.05, 0.1) is 61.2 Å². The lowest BCUT2D eigenvalue weighted by molar-refractivity contribution is 0.0330. The van der Waals surface area contributed by atoms with Crippen LogP contribution < -0.4 is 14.8 Å². The first-order valence-electron chi connectivity index (χ1n) is 11.9. The average Bonchev–Trinajstić information content (AvgIpc) is 3.61. The first-order chi connectivity index (χ1) is 17.7. The number of ether oxygens (including phenoxy) is 2. The predicted octanol–water partition coefficient (Wildman–Crippen LogP) is 2.81. The second-order valence-electron chi connectivity index (χ2n) is 8.39.